The molecule has 0 spiro atoms. The van der Waals surface area contributed by atoms with Gasteiger partial charge in [0.1, 0.15) is 6.04 Å². The molecule has 1 rings (SSSR count). The van der Waals surface area contributed by atoms with Gasteiger partial charge in [-0.05, 0) is 38.5 Å². The number of benzene rings is 1. The Labute approximate surface area is 95.8 Å². The van der Waals surface area contributed by atoms with E-state index in [9.17, 15) is 4.79 Å². The number of rotatable bonds is 4. The van der Waals surface area contributed by atoms with Gasteiger partial charge in [0.05, 0.1) is 6.61 Å². The minimum Gasteiger partial charge on any atom is -0.464 e. The standard InChI is InChI=1S/C12H18N2O2/c1-4-16-12(15)9(3)14-11-7-5-6-10(13)8(11)2/h5-7,9,14H,4,13H2,1-3H3. The predicted molar refractivity (Wildman–Crippen MR) is 65.3 cm³/mol. The number of nitrogens with one attached hydrogen (secondary N) is 1. The smallest absolute Gasteiger partial charge is 0.328 e. The van der Waals surface area contributed by atoms with Gasteiger partial charge in [0.15, 0.2) is 0 Å². The van der Waals surface area contributed by atoms with Crippen LogP contribution in [0.15, 0.2) is 18.2 Å². The summed E-state index contributed by atoms with van der Waals surface area (Å²) in [5.41, 5.74) is 8.29. The van der Waals surface area contributed by atoms with E-state index in [1.54, 1.807) is 13.8 Å². The van der Waals surface area contributed by atoms with E-state index in [1.165, 1.54) is 0 Å². The van der Waals surface area contributed by atoms with Crippen LogP contribution >= 0.6 is 0 Å². The maximum Gasteiger partial charge on any atom is 0.328 e. The molecule has 0 saturated carbocycles. The summed E-state index contributed by atoms with van der Waals surface area (Å²) in [7, 11) is 0. The van der Waals surface area contributed by atoms with Crippen molar-refractivity contribution in [1.82, 2.24) is 0 Å². The number of nitrogen functional groups attached to an aromatic ring is 1. The third-order valence-electron chi connectivity index (χ3n) is 2.39. The molecule has 1 unspecified atom stereocenters. The molecule has 0 aliphatic heterocycles. The molecule has 0 heterocycles. The second kappa shape index (κ2) is 5.39. The topological polar surface area (TPSA) is 64.3 Å². The molecule has 88 valence electrons. The van der Waals surface area contributed by atoms with Crippen molar-refractivity contribution in [2.24, 2.45) is 0 Å². The molecule has 0 bridgehead atoms. The molecule has 4 nitrogen and oxygen atoms in total. The molecule has 1 aromatic carbocycles. The van der Waals surface area contributed by atoms with Crippen LogP contribution in [0.2, 0.25) is 0 Å². The lowest BCUT2D eigenvalue weighted by Crippen LogP contribution is -2.28. The third kappa shape index (κ3) is 2.89. The van der Waals surface area contributed by atoms with E-state index in [4.69, 9.17) is 10.5 Å². The molecule has 1 atom stereocenters. The van der Waals surface area contributed by atoms with E-state index in [-0.39, 0.29) is 12.0 Å². The van der Waals surface area contributed by atoms with Gasteiger partial charge in [0.25, 0.3) is 0 Å². The first-order chi connectivity index (χ1) is 7.56. The van der Waals surface area contributed by atoms with E-state index in [2.05, 4.69) is 5.32 Å². The van der Waals surface area contributed by atoms with Crippen LogP contribution in [-0.4, -0.2) is 18.6 Å². The van der Waals surface area contributed by atoms with Gasteiger partial charge in [-0.2, -0.15) is 0 Å². The molecular weight excluding hydrogens is 204 g/mol. The highest BCUT2D eigenvalue weighted by atomic mass is 16.5. The minimum atomic E-state index is -0.375. The van der Waals surface area contributed by atoms with Crippen molar-refractivity contribution in [2.45, 2.75) is 26.8 Å². The van der Waals surface area contributed by atoms with Crippen LogP contribution in [-0.2, 0) is 9.53 Å². The monoisotopic (exact) mass is 222 g/mol. The maximum atomic E-state index is 11.4. The lowest BCUT2D eigenvalue weighted by atomic mass is 10.1. The lowest BCUT2D eigenvalue weighted by molar-refractivity contribution is -0.143. The maximum absolute atomic E-state index is 11.4. The highest BCUT2D eigenvalue weighted by Gasteiger charge is 2.14. The Kier molecular flexibility index (Phi) is 4.17. The molecule has 16 heavy (non-hydrogen) atoms. The Morgan fingerprint density at radius 1 is 1.56 bits per heavy atom. The van der Waals surface area contributed by atoms with Crippen LogP contribution in [0.1, 0.15) is 19.4 Å². The number of anilines is 2. The zero-order valence-corrected chi connectivity index (χ0v) is 9.91. The van der Waals surface area contributed by atoms with Crippen LogP contribution in [0, 0.1) is 6.92 Å². The van der Waals surface area contributed by atoms with E-state index < -0.39 is 0 Å². The fraction of sp³-hybridized carbons (Fsp3) is 0.417. The SMILES string of the molecule is CCOC(=O)C(C)Nc1cccc(N)c1C. The van der Waals surface area contributed by atoms with Gasteiger partial charge in [0.2, 0.25) is 0 Å². The molecule has 0 aliphatic rings. The van der Waals surface area contributed by atoms with Crippen molar-refractivity contribution < 1.29 is 9.53 Å². The molecule has 0 fully saturated rings. The summed E-state index contributed by atoms with van der Waals surface area (Å²) in [5, 5.41) is 3.08. The van der Waals surface area contributed by atoms with Gasteiger partial charge in [-0.25, -0.2) is 4.79 Å². The number of carbonyl (C=O) groups is 1. The number of hydrogen-bond acceptors (Lipinski definition) is 4. The second-order valence-corrected chi connectivity index (χ2v) is 3.64. The molecule has 4 heteroatoms. The van der Waals surface area contributed by atoms with Gasteiger partial charge in [0, 0.05) is 11.4 Å². The van der Waals surface area contributed by atoms with Crippen molar-refractivity contribution in [1.29, 1.82) is 0 Å². The quantitative estimate of drug-likeness (QED) is 0.603. The molecule has 0 saturated heterocycles. The number of ether oxygens (including phenoxy) is 1. The Bertz CT molecular complexity index is 377. The first-order valence-electron chi connectivity index (χ1n) is 5.34. The van der Waals surface area contributed by atoms with Gasteiger partial charge in [-0.1, -0.05) is 6.07 Å². The largest absolute Gasteiger partial charge is 0.464 e. The molecule has 0 amide bonds. The van der Waals surface area contributed by atoms with Crippen LogP contribution in [0.5, 0.6) is 0 Å². The molecule has 1 aromatic rings. The molecule has 0 radical (unpaired) electrons. The van der Waals surface area contributed by atoms with Crippen molar-refractivity contribution in [2.75, 3.05) is 17.7 Å². The van der Waals surface area contributed by atoms with Crippen LogP contribution in [0.25, 0.3) is 0 Å². The average Bonchev–Trinajstić information content (AvgIpc) is 2.25. The minimum absolute atomic E-state index is 0.260. The predicted octanol–water partition coefficient (Wildman–Crippen LogP) is 1.94. The Balaban J connectivity index is 2.73. The Morgan fingerprint density at radius 2 is 2.25 bits per heavy atom. The summed E-state index contributed by atoms with van der Waals surface area (Å²) in [6.07, 6.45) is 0. The third-order valence-corrected chi connectivity index (χ3v) is 2.39. The van der Waals surface area contributed by atoms with E-state index in [0.717, 1.165) is 11.3 Å². The number of hydrogen-bond donors (Lipinski definition) is 2. The number of esters is 1. The van der Waals surface area contributed by atoms with Gasteiger partial charge >= 0.3 is 5.97 Å². The molecule has 0 aliphatic carbocycles. The first-order valence-corrected chi connectivity index (χ1v) is 5.34. The van der Waals surface area contributed by atoms with Crippen molar-refractivity contribution in [3.63, 3.8) is 0 Å². The molecular formula is C12H18N2O2. The van der Waals surface area contributed by atoms with Crippen molar-refractivity contribution >= 4 is 17.3 Å². The molecule has 0 aromatic heterocycles. The van der Waals surface area contributed by atoms with E-state index in [1.807, 2.05) is 25.1 Å². The summed E-state index contributed by atoms with van der Waals surface area (Å²) in [5.74, 6) is -0.260. The molecule has 3 N–H and O–H groups in total. The van der Waals surface area contributed by atoms with E-state index >= 15 is 0 Å². The van der Waals surface area contributed by atoms with E-state index in [0.29, 0.717) is 12.3 Å². The second-order valence-electron chi connectivity index (χ2n) is 3.64. The normalized spacial score (nSPS) is 11.9. The van der Waals surface area contributed by atoms with Gasteiger partial charge in [-0.3, -0.25) is 0 Å². The highest BCUT2D eigenvalue weighted by molar-refractivity contribution is 5.79. The van der Waals surface area contributed by atoms with Crippen molar-refractivity contribution in [3.8, 4) is 0 Å². The number of nitrogens with two attached hydrogens (primary N) is 1. The lowest BCUT2D eigenvalue weighted by Gasteiger charge is -2.16. The zero-order valence-electron chi connectivity index (χ0n) is 9.91. The Hall–Kier alpha value is -1.71. The average molecular weight is 222 g/mol. The van der Waals surface area contributed by atoms with Crippen LogP contribution in [0.4, 0.5) is 11.4 Å². The summed E-state index contributed by atoms with van der Waals surface area (Å²) in [6, 6.07) is 5.19. The fourth-order valence-electron chi connectivity index (χ4n) is 1.37. The van der Waals surface area contributed by atoms with Gasteiger partial charge < -0.3 is 15.8 Å². The van der Waals surface area contributed by atoms with Crippen molar-refractivity contribution in [3.05, 3.63) is 23.8 Å². The summed E-state index contributed by atoms with van der Waals surface area (Å²) in [6.45, 7) is 5.85. The Morgan fingerprint density at radius 3 is 2.88 bits per heavy atom. The first kappa shape index (κ1) is 12.4. The summed E-state index contributed by atoms with van der Waals surface area (Å²) < 4.78 is 4.91. The number of carbonyl (C=O) groups excluding carboxylic acids is 1. The highest BCUT2D eigenvalue weighted by Crippen LogP contribution is 2.21. The summed E-state index contributed by atoms with van der Waals surface area (Å²) in [4.78, 5) is 11.4. The van der Waals surface area contributed by atoms with Gasteiger partial charge in [-0.15, -0.1) is 0 Å². The fourth-order valence-corrected chi connectivity index (χ4v) is 1.37. The van der Waals surface area contributed by atoms with Crippen LogP contribution < -0.4 is 11.1 Å². The van der Waals surface area contributed by atoms with Crippen LogP contribution in [0.3, 0.4) is 0 Å². The zero-order chi connectivity index (χ0) is 12.1. The summed E-state index contributed by atoms with van der Waals surface area (Å²) >= 11 is 0.